The van der Waals surface area contributed by atoms with E-state index in [1.165, 1.54) is 37.0 Å². The van der Waals surface area contributed by atoms with Gasteiger partial charge in [-0.1, -0.05) is 18.9 Å². The lowest BCUT2D eigenvalue weighted by Gasteiger charge is -2.03. The van der Waals surface area contributed by atoms with Gasteiger partial charge in [0.1, 0.15) is 0 Å². The van der Waals surface area contributed by atoms with Gasteiger partial charge in [-0.05, 0) is 24.3 Å². The first kappa shape index (κ1) is 15.0. The maximum absolute atomic E-state index is 11.9. The average Bonchev–Trinajstić information content (AvgIpc) is 3.23. The Kier molecular flexibility index (Phi) is 4.68. The SMILES string of the molecule is O=C(CCC(=O)c1cccs1)Nc1cc(C2CCCC2)[nH]n1. The number of carbonyl (C=O) groups is 2. The van der Waals surface area contributed by atoms with Crippen LogP contribution >= 0.6 is 11.3 Å². The van der Waals surface area contributed by atoms with Crippen molar-refractivity contribution in [2.45, 2.75) is 44.4 Å². The third kappa shape index (κ3) is 3.62. The summed E-state index contributed by atoms with van der Waals surface area (Å²) in [6.07, 6.45) is 5.30. The zero-order chi connectivity index (χ0) is 15.4. The van der Waals surface area contributed by atoms with Crippen LogP contribution in [0.4, 0.5) is 5.82 Å². The number of thiophene rings is 1. The van der Waals surface area contributed by atoms with Crippen LogP contribution in [-0.4, -0.2) is 21.9 Å². The molecule has 5 nitrogen and oxygen atoms in total. The predicted molar refractivity (Wildman–Crippen MR) is 86.3 cm³/mol. The molecule has 3 rings (SSSR count). The van der Waals surface area contributed by atoms with Crippen LogP contribution in [0.1, 0.15) is 59.8 Å². The smallest absolute Gasteiger partial charge is 0.226 e. The number of nitrogens with zero attached hydrogens (tertiary/aromatic N) is 1. The number of Topliss-reactive ketones (excluding diaryl/α,β-unsaturated/α-hetero) is 1. The number of amides is 1. The second-order valence-electron chi connectivity index (χ2n) is 5.64. The summed E-state index contributed by atoms with van der Waals surface area (Å²) in [5, 5.41) is 11.8. The minimum absolute atomic E-state index is 0.0128. The predicted octanol–water partition coefficient (Wildman–Crippen LogP) is 3.73. The number of rotatable bonds is 6. The molecule has 116 valence electrons. The van der Waals surface area contributed by atoms with E-state index >= 15 is 0 Å². The van der Waals surface area contributed by atoms with Gasteiger partial charge >= 0.3 is 0 Å². The highest BCUT2D eigenvalue weighted by Gasteiger charge is 2.19. The Balaban J connectivity index is 1.48. The van der Waals surface area contributed by atoms with Crippen molar-refractivity contribution in [1.29, 1.82) is 0 Å². The van der Waals surface area contributed by atoms with Crippen molar-refractivity contribution in [2.75, 3.05) is 5.32 Å². The van der Waals surface area contributed by atoms with Crippen molar-refractivity contribution < 1.29 is 9.59 Å². The average molecular weight is 317 g/mol. The van der Waals surface area contributed by atoms with Crippen LogP contribution in [0, 0.1) is 0 Å². The second kappa shape index (κ2) is 6.87. The van der Waals surface area contributed by atoms with Crippen LogP contribution < -0.4 is 5.32 Å². The number of ketones is 1. The largest absolute Gasteiger partial charge is 0.309 e. The molecule has 0 aromatic carbocycles. The van der Waals surface area contributed by atoms with Crippen molar-refractivity contribution >= 4 is 28.8 Å². The zero-order valence-electron chi connectivity index (χ0n) is 12.3. The number of nitrogens with one attached hydrogen (secondary N) is 2. The Labute approximate surface area is 133 Å². The molecule has 1 fully saturated rings. The van der Waals surface area contributed by atoms with Gasteiger partial charge in [-0.2, -0.15) is 5.10 Å². The molecule has 1 aliphatic rings. The van der Waals surface area contributed by atoms with E-state index < -0.39 is 0 Å². The Hall–Kier alpha value is -1.95. The monoisotopic (exact) mass is 317 g/mol. The summed E-state index contributed by atoms with van der Waals surface area (Å²) in [5.74, 6) is 0.933. The Bertz CT molecular complexity index is 642. The van der Waals surface area contributed by atoms with E-state index in [4.69, 9.17) is 0 Å². The number of aromatic nitrogens is 2. The van der Waals surface area contributed by atoms with Crippen molar-refractivity contribution in [1.82, 2.24) is 10.2 Å². The Morgan fingerprint density at radius 3 is 2.86 bits per heavy atom. The first-order valence-corrected chi connectivity index (χ1v) is 8.52. The van der Waals surface area contributed by atoms with Gasteiger partial charge in [0.25, 0.3) is 0 Å². The third-order valence-corrected chi connectivity index (χ3v) is 4.95. The molecule has 1 saturated carbocycles. The molecule has 22 heavy (non-hydrogen) atoms. The quantitative estimate of drug-likeness (QED) is 0.797. The summed E-state index contributed by atoms with van der Waals surface area (Å²) in [6.45, 7) is 0. The van der Waals surface area contributed by atoms with Crippen molar-refractivity contribution in [3.63, 3.8) is 0 Å². The van der Waals surface area contributed by atoms with Gasteiger partial charge < -0.3 is 5.32 Å². The number of carbonyl (C=O) groups excluding carboxylic acids is 2. The van der Waals surface area contributed by atoms with Crippen molar-refractivity contribution in [2.24, 2.45) is 0 Å². The summed E-state index contributed by atoms with van der Waals surface area (Å²) in [6, 6.07) is 5.54. The normalized spacial score (nSPS) is 15.1. The van der Waals surface area contributed by atoms with Gasteiger partial charge in [-0.3, -0.25) is 14.7 Å². The first-order chi connectivity index (χ1) is 10.7. The fourth-order valence-electron chi connectivity index (χ4n) is 2.84. The molecular weight excluding hydrogens is 298 g/mol. The van der Waals surface area contributed by atoms with E-state index in [1.54, 1.807) is 6.07 Å². The maximum atomic E-state index is 11.9. The Morgan fingerprint density at radius 2 is 2.14 bits per heavy atom. The molecule has 2 aromatic rings. The standard InChI is InChI=1S/C16H19N3O2S/c20-13(14-6-3-9-22-14)7-8-16(21)17-15-10-12(18-19-15)11-4-1-2-5-11/h3,6,9-11H,1-2,4-5,7-8H2,(H2,17,18,19,21). The number of anilines is 1. The maximum Gasteiger partial charge on any atom is 0.226 e. The van der Waals surface area contributed by atoms with Gasteiger partial charge in [0.2, 0.25) is 5.91 Å². The summed E-state index contributed by atoms with van der Waals surface area (Å²) in [7, 11) is 0. The molecule has 2 aromatic heterocycles. The molecule has 0 atom stereocenters. The highest BCUT2D eigenvalue weighted by atomic mass is 32.1. The summed E-state index contributed by atoms with van der Waals surface area (Å²) < 4.78 is 0. The fourth-order valence-corrected chi connectivity index (χ4v) is 3.53. The highest BCUT2D eigenvalue weighted by molar-refractivity contribution is 7.12. The van der Waals surface area contributed by atoms with E-state index in [0.717, 1.165) is 5.69 Å². The van der Waals surface area contributed by atoms with Crippen molar-refractivity contribution in [3.05, 3.63) is 34.2 Å². The van der Waals surface area contributed by atoms with E-state index in [1.807, 2.05) is 17.5 Å². The summed E-state index contributed by atoms with van der Waals surface area (Å²) in [4.78, 5) is 24.5. The molecule has 0 aliphatic heterocycles. The molecule has 2 N–H and O–H groups in total. The highest BCUT2D eigenvalue weighted by Crippen LogP contribution is 2.33. The van der Waals surface area contributed by atoms with E-state index in [9.17, 15) is 9.59 Å². The molecule has 0 spiro atoms. The molecule has 0 unspecified atom stereocenters. The number of aromatic amines is 1. The molecule has 2 heterocycles. The van der Waals surface area contributed by atoms with Crippen LogP contribution in [0.15, 0.2) is 23.6 Å². The molecule has 0 saturated heterocycles. The van der Waals surface area contributed by atoms with Gasteiger partial charge in [-0.25, -0.2) is 0 Å². The van der Waals surface area contributed by atoms with E-state index in [2.05, 4.69) is 15.5 Å². The van der Waals surface area contributed by atoms with Crippen molar-refractivity contribution in [3.8, 4) is 0 Å². The van der Waals surface area contributed by atoms with Crippen LogP contribution in [0.5, 0.6) is 0 Å². The number of hydrogen-bond donors (Lipinski definition) is 2. The second-order valence-corrected chi connectivity index (χ2v) is 6.59. The number of hydrogen-bond acceptors (Lipinski definition) is 4. The minimum Gasteiger partial charge on any atom is -0.309 e. The number of H-pyrrole nitrogens is 1. The van der Waals surface area contributed by atoms with E-state index in [-0.39, 0.29) is 24.5 Å². The van der Waals surface area contributed by atoms with Crippen LogP contribution in [-0.2, 0) is 4.79 Å². The summed E-state index contributed by atoms with van der Waals surface area (Å²) >= 11 is 1.41. The molecular formula is C16H19N3O2S. The topological polar surface area (TPSA) is 74.8 Å². The van der Waals surface area contributed by atoms with Crippen LogP contribution in [0.25, 0.3) is 0 Å². The van der Waals surface area contributed by atoms with Gasteiger partial charge in [-0.15, -0.1) is 11.3 Å². The fraction of sp³-hybridized carbons (Fsp3) is 0.438. The molecule has 0 bridgehead atoms. The first-order valence-electron chi connectivity index (χ1n) is 7.64. The minimum atomic E-state index is -0.172. The zero-order valence-corrected chi connectivity index (χ0v) is 13.1. The summed E-state index contributed by atoms with van der Waals surface area (Å²) in [5.41, 5.74) is 1.10. The Morgan fingerprint density at radius 1 is 1.32 bits per heavy atom. The van der Waals surface area contributed by atoms with Gasteiger partial charge in [0.05, 0.1) is 4.88 Å². The van der Waals surface area contributed by atoms with Crippen LogP contribution in [0.2, 0.25) is 0 Å². The lowest BCUT2D eigenvalue weighted by Crippen LogP contribution is -2.13. The van der Waals surface area contributed by atoms with Gasteiger partial charge in [0.15, 0.2) is 11.6 Å². The molecule has 6 heteroatoms. The van der Waals surface area contributed by atoms with E-state index in [0.29, 0.717) is 16.6 Å². The third-order valence-electron chi connectivity index (χ3n) is 4.04. The molecule has 1 amide bonds. The lowest BCUT2D eigenvalue weighted by atomic mass is 10.0. The lowest BCUT2D eigenvalue weighted by molar-refractivity contribution is -0.116. The molecule has 1 aliphatic carbocycles. The van der Waals surface area contributed by atoms with Gasteiger partial charge in [0, 0.05) is 30.5 Å². The molecule has 0 radical (unpaired) electrons. The van der Waals surface area contributed by atoms with Crippen LogP contribution in [0.3, 0.4) is 0 Å².